The lowest BCUT2D eigenvalue weighted by Crippen LogP contribution is -2.00. The summed E-state index contributed by atoms with van der Waals surface area (Å²) in [4.78, 5) is 22.1. The van der Waals surface area contributed by atoms with Gasteiger partial charge in [0.1, 0.15) is 12.4 Å². The van der Waals surface area contributed by atoms with Gasteiger partial charge in [-0.2, -0.15) is 0 Å². The molecule has 1 heterocycles. The zero-order valence-electron chi connectivity index (χ0n) is 10.5. The summed E-state index contributed by atoms with van der Waals surface area (Å²) < 4.78 is 5.47. The van der Waals surface area contributed by atoms with Crippen molar-refractivity contribution in [3.05, 3.63) is 55.8 Å². The third-order valence-electron chi connectivity index (χ3n) is 2.56. The van der Waals surface area contributed by atoms with E-state index < -0.39 is 10.9 Å². The maximum Gasteiger partial charge on any atom is 0.349 e. The number of ether oxygens (including phenoxy) is 1. The monoisotopic (exact) mass is 293 g/mol. The number of hydrogen-bond donors (Lipinski definition) is 1. The summed E-state index contributed by atoms with van der Waals surface area (Å²) in [5, 5.41) is 19.6. The van der Waals surface area contributed by atoms with Crippen LogP contribution in [-0.4, -0.2) is 16.0 Å². The molecule has 0 saturated heterocycles. The average molecular weight is 293 g/mol. The molecule has 0 saturated carbocycles. The molecule has 20 heavy (non-hydrogen) atoms. The second-order valence-electron chi connectivity index (χ2n) is 4.07. The summed E-state index contributed by atoms with van der Waals surface area (Å²) >= 11 is 1.15. The minimum absolute atomic E-state index is 0.00588. The molecule has 104 valence electrons. The Kier molecular flexibility index (Phi) is 3.99. The molecule has 0 bridgehead atoms. The summed E-state index contributed by atoms with van der Waals surface area (Å²) in [7, 11) is 0. The Morgan fingerprint density at radius 3 is 2.60 bits per heavy atom. The van der Waals surface area contributed by atoms with Crippen LogP contribution in [0.3, 0.4) is 0 Å². The van der Waals surface area contributed by atoms with E-state index in [2.05, 4.69) is 0 Å². The number of nitro groups is 1. The Balaban J connectivity index is 2.09. The lowest BCUT2D eigenvalue weighted by Gasteiger charge is -2.05. The van der Waals surface area contributed by atoms with Gasteiger partial charge in [-0.3, -0.25) is 10.1 Å². The van der Waals surface area contributed by atoms with Gasteiger partial charge in [-0.05, 0) is 30.7 Å². The van der Waals surface area contributed by atoms with Crippen LogP contribution in [-0.2, 0) is 6.61 Å². The highest BCUT2D eigenvalue weighted by Crippen LogP contribution is 2.29. The molecule has 0 aliphatic heterocycles. The Morgan fingerprint density at radius 2 is 2.05 bits per heavy atom. The number of carbonyl (C=O) groups is 1. The quantitative estimate of drug-likeness (QED) is 0.675. The van der Waals surface area contributed by atoms with Gasteiger partial charge in [-0.1, -0.05) is 0 Å². The largest absolute Gasteiger partial charge is 0.487 e. The molecular formula is C13H11NO5S. The normalized spacial score (nSPS) is 10.2. The standard InChI is InChI=1S/C13H11NO5S/c1-8-6-11(12(20-8)13(15)16)19-7-9-2-4-10(5-3-9)14(17)18/h2-6H,7H2,1H3,(H,15,16). The van der Waals surface area contributed by atoms with Gasteiger partial charge < -0.3 is 9.84 Å². The van der Waals surface area contributed by atoms with E-state index in [-0.39, 0.29) is 17.2 Å². The molecule has 0 unspecified atom stereocenters. The number of non-ortho nitro benzene ring substituents is 1. The molecule has 0 spiro atoms. The van der Waals surface area contributed by atoms with Crippen LogP contribution in [0.4, 0.5) is 5.69 Å². The number of carboxylic acid groups (broad SMARTS) is 1. The zero-order chi connectivity index (χ0) is 14.7. The van der Waals surface area contributed by atoms with E-state index in [1.54, 1.807) is 25.1 Å². The fraction of sp³-hybridized carbons (Fsp3) is 0.154. The molecule has 2 rings (SSSR count). The maximum absolute atomic E-state index is 11.0. The predicted molar refractivity (Wildman–Crippen MR) is 73.4 cm³/mol. The molecule has 0 aliphatic rings. The van der Waals surface area contributed by atoms with Crippen LogP contribution in [0.2, 0.25) is 0 Å². The Labute approximate surface area is 118 Å². The van der Waals surface area contributed by atoms with Crippen LogP contribution in [0.1, 0.15) is 20.1 Å². The van der Waals surface area contributed by atoms with Gasteiger partial charge >= 0.3 is 5.97 Å². The van der Waals surface area contributed by atoms with E-state index in [0.29, 0.717) is 5.75 Å². The van der Waals surface area contributed by atoms with E-state index in [1.807, 2.05) is 0 Å². The first kappa shape index (κ1) is 14.0. The molecule has 0 radical (unpaired) electrons. The molecule has 0 amide bonds. The molecule has 0 fully saturated rings. The van der Waals surface area contributed by atoms with Gasteiger partial charge in [0, 0.05) is 17.0 Å². The van der Waals surface area contributed by atoms with Crippen molar-refractivity contribution in [2.24, 2.45) is 0 Å². The van der Waals surface area contributed by atoms with E-state index in [0.717, 1.165) is 21.8 Å². The van der Waals surface area contributed by atoms with Crippen LogP contribution in [0.5, 0.6) is 5.75 Å². The number of aromatic carboxylic acids is 1. The number of thiophene rings is 1. The van der Waals surface area contributed by atoms with Gasteiger partial charge in [0.15, 0.2) is 4.88 Å². The molecule has 1 aromatic heterocycles. The van der Waals surface area contributed by atoms with Crippen LogP contribution >= 0.6 is 11.3 Å². The summed E-state index contributed by atoms with van der Waals surface area (Å²) in [6.45, 7) is 1.96. The molecule has 0 atom stereocenters. The predicted octanol–water partition coefficient (Wildman–Crippen LogP) is 3.24. The number of hydrogen-bond acceptors (Lipinski definition) is 5. The van der Waals surface area contributed by atoms with Crippen LogP contribution in [0.25, 0.3) is 0 Å². The lowest BCUT2D eigenvalue weighted by atomic mass is 10.2. The van der Waals surface area contributed by atoms with Crippen LogP contribution < -0.4 is 4.74 Å². The van der Waals surface area contributed by atoms with Crippen molar-refractivity contribution in [2.45, 2.75) is 13.5 Å². The van der Waals surface area contributed by atoms with Crippen LogP contribution in [0, 0.1) is 17.0 Å². The SMILES string of the molecule is Cc1cc(OCc2ccc([N+](=O)[O-])cc2)c(C(=O)O)s1. The van der Waals surface area contributed by atoms with E-state index in [9.17, 15) is 14.9 Å². The molecule has 0 aliphatic carbocycles. The Hall–Kier alpha value is -2.41. The highest BCUT2D eigenvalue weighted by Gasteiger charge is 2.15. The van der Waals surface area contributed by atoms with Gasteiger partial charge in [0.05, 0.1) is 4.92 Å². The van der Waals surface area contributed by atoms with Crippen molar-refractivity contribution in [2.75, 3.05) is 0 Å². The first-order valence-electron chi connectivity index (χ1n) is 5.67. The molecule has 1 N–H and O–H groups in total. The minimum atomic E-state index is -1.03. The van der Waals surface area contributed by atoms with E-state index in [4.69, 9.17) is 9.84 Å². The fourth-order valence-corrected chi connectivity index (χ4v) is 2.42. The summed E-state index contributed by atoms with van der Waals surface area (Å²) in [6, 6.07) is 7.60. The second-order valence-corrected chi connectivity index (χ2v) is 5.32. The van der Waals surface area contributed by atoms with Gasteiger partial charge in [0.2, 0.25) is 0 Å². The van der Waals surface area contributed by atoms with Crippen molar-refractivity contribution < 1.29 is 19.6 Å². The van der Waals surface area contributed by atoms with Gasteiger partial charge in [-0.25, -0.2) is 4.79 Å². The van der Waals surface area contributed by atoms with E-state index >= 15 is 0 Å². The topological polar surface area (TPSA) is 89.7 Å². The van der Waals surface area contributed by atoms with Crippen LogP contribution in [0.15, 0.2) is 30.3 Å². The third kappa shape index (κ3) is 3.12. The number of benzene rings is 1. The Morgan fingerprint density at radius 1 is 1.40 bits per heavy atom. The fourth-order valence-electron chi connectivity index (χ4n) is 1.62. The number of nitrogens with zero attached hydrogens (tertiary/aromatic N) is 1. The highest BCUT2D eigenvalue weighted by molar-refractivity contribution is 7.14. The van der Waals surface area contributed by atoms with Crippen molar-refractivity contribution in [1.29, 1.82) is 0 Å². The summed E-state index contributed by atoms with van der Waals surface area (Å²) in [5.74, 6) is -0.708. The maximum atomic E-state index is 11.0. The number of carboxylic acids is 1. The van der Waals surface area contributed by atoms with Crippen molar-refractivity contribution >= 4 is 23.0 Å². The van der Waals surface area contributed by atoms with Gasteiger partial charge in [0.25, 0.3) is 5.69 Å². The smallest absolute Gasteiger partial charge is 0.349 e. The number of nitro benzene ring substituents is 1. The third-order valence-corrected chi connectivity index (χ3v) is 3.58. The molecule has 7 heteroatoms. The number of rotatable bonds is 5. The Bertz CT molecular complexity index is 647. The first-order chi connectivity index (χ1) is 9.47. The zero-order valence-corrected chi connectivity index (χ0v) is 11.3. The average Bonchev–Trinajstić information content (AvgIpc) is 2.78. The van der Waals surface area contributed by atoms with Gasteiger partial charge in [-0.15, -0.1) is 11.3 Å². The first-order valence-corrected chi connectivity index (χ1v) is 6.49. The second kappa shape index (κ2) is 5.70. The molecule has 6 nitrogen and oxygen atoms in total. The van der Waals surface area contributed by atoms with Crippen molar-refractivity contribution in [3.63, 3.8) is 0 Å². The molecular weight excluding hydrogens is 282 g/mol. The van der Waals surface area contributed by atoms with E-state index in [1.165, 1.54) is 12.1 Å². The minimum Gasteiger partial charge on any atom is -0.487 e. The number of aryl methyl sites for hydroxylation is 1. The lowest BCUT2D eigenvalue weighted by molar-refractivity contribution is -0.384. The van der Waals surface area contributed by atoms with Crippen molar-refractivity contribution in [1.82, 2.24) is 0 Å². The summed E-state index contributed by atoms with van der Waals surface area (Å²) in [6.07, 6.45) is 0. The van der Waals surface area contributed by atoms with Crippen molar-refractivity contribution in [3.8, 4) is 5.75 Å². The molecule has 1 aromatic carbocycles. The molecule has 2 aromatic rings. The highest BCUT2D eigenvalue weighted by atomic mass is 32.1. The summed E-state index contributed by atoms with van der Waals surface area (Å²) in [5.41, 5.74) is 0.738.